The van der Waals surface area contributed by atoms with E-state index in [1.807, 2.05) is 39.0 Å². The molecular formula is C20H21Cl2NO3. The number of aryl methyl sites for hydroxylation is 1. The highest BCUT2D eigenvalue weighted by Gasteiger charge is 2.23. The summed E-state index contributed by atoms with van der Waals surface area (Å²) in [5.74, 6) is -0.917. The van der Waals surface area contributed by atoms with Gasteiger partial charge in [-0.2, -0.15) is 0 Å². The molecule has 0 bridgehead atoms. The van der Waals surface area contributed by atoms with Gasteiger partial charge in [0.15, 0.2) is 6.10 Å². The predicted octanol–water partition coefficient (Wildman–Crippen LogP) is 5.61. The van der Waals surface area contributed by atoms with Crippen molar-refractivity contribution >= 4 is 40.8 Å². The van der Waals surface area contributed by atoms with Gasteiger partial charge in [0.25, 0.3) is 5.91 Å². The van der Waals surface area contributed by atoms with Crippen LogP contribution in [0.2, 0.25) is 10.0 Å². The molecule has 2 rings (SSSR count). The van der Waals surface area contributed by atoms with Crippen molar-refractivity contribution in [2.24, 2.45) is 0 Å². The molecule has 0 spiro atoms. The van der Waals surface area contributed by atoms with Crippen LogP contribution in [0.4, 0.5) is 5.69 Å². The van der Waals surface area contributed by atoms with Gasteiger partial charge in [0.05, 0.1) is 15.6 Å². The van der Waals surface area contributed by atoms with Crippen LogP contribution < -0.4 is 5.32 Å². The van der Waals surface area contributed by atoms with Crippen LogP contribution in [0.3, 0.4) is 0 Å². The molecule has 2 aromatic carbocycles. The van der Waals surface area contributed by atoms with Crippen molar-refractivity contribution in [2.45, 2.75) is 39.7 Å². The second-order valence-electron chi connectivity index (χ2n) is 6.33. The predicted molar refractivity (Wildman–Crippen MR) is 105 cm³/mol. The van der Waals surface area contributed by atoms with Crippen molar-refractivity contribution < 1.29 is 14.3 Å². The Hall–Kier alpha value is -2.04. The van der Waals surface area contributed by atoms with E-state index in [1.54, 1.807) is 6.07 Å². The van der Waals surface area contributed by atoms with Gasteiger partial charge in [0.2, 0.25) is 0 Å². The lowest BCUT2D eigenvalue weighted by Crippen LogP contribution is -2.30. The average molecular weight is 394 g/mol. The molecule has 1 N–H and O–H groups in total. The van der Waals surface area contributed by atoms with E-state index in [4.69, 9.17) is 27.9 Å². The van der Waals surface area contributed by atoms with Crippen LogP contribution in [0.25, 0.3) is 0 Å². The number of para-hydroxylation sites is 1. The molecular weight excluding hydrogens is 373 g/mol. The standard InChI is InChI=1S/C20H21Cl2NO3/c1-11(2)14-8-5-7-12(3)18(14)23-19(24)13(4)26-20(25)17-15(21)9-6-10-16(17)22/h5-11,13H,1-4H3,(H,23,24)/t13-/m0/s1. The number of hydrogen-bond donors (Lipinski definition) is 1. The van der Waals surface area contributed by atoms with Crippen molar-refractivity contribution in [3.8, 4) is 0 Å². The fourth-order valence-corrected chi connectivity index (χ4v) is 3.08. The Balaban J connectivity index is 2.15. The maximum atomic E-state index is 12.5. The Labute approximate surface area is 163 Å². The summed E-state index contributed by atoms with van der Waals surface area (Å²) in [6.07, 6.45) is -1.01. The first kappa shape index (κ1) is 20.3. The van der Waals surface area contributed by atoms with E-state index in [-0.39, 0.29) is 21.5 Å². The molecule has 0 aliphatic heterocycles. The fraction of sp³-hybridized carbons (Fsp3) is 0.300. The maximum absolute atomic E-state index is 12.5. The van der Waals surface area contributed by atoms with Gasteiger partial charge < -0.3 is 10.1 Å². The highest BCUT2D eigenvalue weighted by molar-refractivity contribution is 6.39. The molecule has 138 valence electrons. The Morgan fingerprint density at radius 2 is 1.58 bits per heavy atom. The zero-order valence-corrected chi connectivity index (χ0v) is 16.6. The summed E-state index contributed by atoms with van der Waals surface area (Å²) in [6.45, 7) is 7.52. The molecule has 4 nitrogen and oxygen atoms in total. The van der Waals surface area contributed by atoms with Crippen LogP contribution in [0, 0.1) is 6.92 Å². The molecule has 0 unspecified atom stereocenters. The molecule has 0 fully saturated rings. The van der Waals surface area contributed by atoms with Crippen LogP contribution >= 0.6 is 23.2 Å². The second kappa shape index (κ2) is 8.56. The van der Waals surface area contributed by atoms with Gasteiger partial charge in [-0.1, -0.05) is 61.3 Å². The van der Waals surface area contributed by atoms with Crippen LogP contribution in [0.15, 0.2) is 36.4 Å². The summed E-state index contributed by atoms with van der Waals surface area (Å²) < 4.78 is 5.25. The van der Waals surface area contributed by atoms with E-state index in [0.29, 0.717) is 0 Å². The largest absolute Gasteiger partial charge is 0.449 e. The zero-order valence-electron chi connectivity index (χ0n) is 15.1. The van der Waals surface area contributed by atoms with Crippen LogP contribution in [0.1, 0.15) is 48.2 Å². The number of anilines is 1. The van der Waals surface area contributed by atoms with Gasteiger partial charge in [-0.05, 0) is 43.0 Å². The normalized spacial score (nSPS) is 12.0. The number of esters is 1. The van der Waals surface area contributed by atoms with Crippen molar-refractivity contribution in [2.75, 3.05) is 5.32 Å². The van der Waals surface area contributed by atoms with E-state index < -0.39 is 18.0 Å². The SMILES string of the molecule is Cc1cccc(C(C)C)c1NC(=O)[C@H](C)OC(=O)c1c(Cl)cccc1Cl. The molecule has 0 saturated carbocycles. The van der Waals surface area contributed by atoms with Gasteiger partial charge in [0.1, 0.15) is 0 Å². The Morgan fingerprint density at radius 1 is 1.00 bits per heavy atom. The lowest BCUT2D eigenvalue weighted by atomic mass is 9.98. The number of carbonyl (C=O) groups is 2. The average Bonchev–Trinajstić information content (AvgIpc) is 2.56. The molecule has 0 aromatic heterocycles. The third-order valence-corrected chi connectivity index (χ3v) is 4.63. The minimum absolute atomic E-state index is 0.0502. The van der Waals surface area contributed by atoms with Gasteiger partial charge in [0, 0.05) is 5.69 Å². The molecule has 0 radical (unpaired) electrons. The van der Waals surface area contributed by atoms with Crippen molar-refractivity contribution in [1.29, 1.82) is 0 Å². The van der Waals surface area contributed by atoms with E-state index in [2.05, 4.69) is 5.32 Å². The van der Waals surface area contributed by atoms with E-state index in [1.165, 1.54) is 19.1 Å². The Morgan fingerprint density at radius 3 is 2.15 bits per heavy atom. The summed E-state index contributed by atoms with van der Waals surface area (Å²) in [6, 6.07) is 10.5. The van der Waals surface area contributed by atoms with Crippen LogP contribution in [-0.2, 0) is 9.53 Å². The number of rotatable bonds is 5. The number of ether oxygens (including phenoxy) is 1. The minimum Gasteiger partial charge on any atom is -0.449 e. The number of hydrogen-bond acceptors (Lipinski definition) is 3. The zero-order chi connectivity index (χ0) is 19.4. The van der Waals surface area contributed by atoms with Crippen molar-refractivity contribution in [3.63, 3.8) is 0 Å². The molecule has 26 heavy (non-hydrogen) atoms. The fourth-order valence-electron chi connectivity index (χ4n) is 2.53. The van der Waals surface area contributed by atoms with Crippen LogP contribution in [-0.4, -0.2) is 18.0 Å². The van der Waals surface area contributed by atoms with Gasteiger partial charge in [-0.3, -0.25) is 4.79 Å². The summed E-state index contributed by atoms with van der Waals surface area (Å²) in [7, 11) is 0. The van der Waals surface area contributed by atoms with E-state index in [0.717, 1.165) is 16.8 Å². The molecule has 0 heterocycles. The van der Waals surface area contributed by atoms with E-state index in [9.17, 15) is 9.59 Å². The van der Waals surface area contributed by atoms with Crippen molar-refractivity contribution in [3.05, 3.63) is 63.1 Å². The third-order valence-electron chi connectivity index (χ3n) is 4.00. The minimum atomic E-state index is -1.01. The van der Waals surface area contributed by atoms with Crippen molar-refractivity contribution in [1.82, 2.24) is 0 Å². The molecule has 1 amide bonds. The van der Waals surface area contributed by atoms with Gasteiger partial charge in [-0.25, -0.2) is 4.79 Å². The molecule has 0 aliphatic rings. The van der Waals surface area contributed by atoms with Gasteiger partial charge in [-0.15, -0.1) is 0 Å². The number of carbonyl (C=O) groups excluding carboxylic acids is 2. The smallest absolute Gasteiger partial charge is 0.341 e. The quantitative estimate of drug-likeness (QED) is 0.671. The Bertz CT molecular complexity index is 814. The molecule has 2 aromatic rings. The topological polar surface area (TPSA) is 55.4 Å². The first-order valence-corrected chi connectivity index (χ1v) is 9.03. The number of amides is 1. The van der Waals surface area contributed by atoms with E-state index >= 15 is 0 Å². The molecule has 0 aliphatic carbocycles. The summed E-state index contributed by atoms with van der Waals surface area (Å²) in [5.41, 5.74) is 2.75. The molecule has 6 heteroatoms. The van der Waals surface area contributed by atoms with Gasteiger partial charge >= 0.3 is 5.97 Å². The summed E-state index contributed by atoms with van der Waals surface area (Å²) in [4.78, 5) is 24.8. The first-order valence-electron chi connectivity index (χ1n) is 8.27. The summed E-state index contributed by atoms with van der Waals surface area (Å²) in [5, 5.41) is 3.22. The van der Waals surface area contributed by atoms with Crippen LogP contribution in [0.5, 0.6) is 0 Å². The second-order valence-corrected chi connectivity index (χ2v) is 7.14. The lowest BCUT2D eigenvalue weighted by molar-refractivity contribution is -0.123. The molecule has 1 atom stereocenters. The highest BCUT2D eigenvalue weighted by atomic mass is 35.5. The Kier molecular flexibility index (Phi) is 6.68. The number of halogens is 2. The monoisotopic (exact) mass is 393 g/mol. The highest BCUT2D eigenvalue weighted by Crippen LogP contribution is 2.28. The molecule has 0 saturated heterocycles. The third kappa shape index (κ3) is 4.57. The number of nitrogens with one attached hydrogen (secondary N) is 1. The number of benzene rings is 2. The maximum Gasteiger partial charge on any atom is 0.341 e. The first-order chi connectivity index (χ1) is 12.2. The summed E-state index contributed by atoms with van der Waals surface area (Å²) >= 11 is 12.0. The lowest BCUT2D eigenvalue weighted by Gasteiger charge is -2.19.